The number of benzene rings is 2. The van der Waals surface area contributed by atoms with Crippen molar-refractivity contribution in [3.8, 4) is 0 Å². The van der Waals surface area contributed by atoms with Crippen molar-refractivity contribution in [2.75, 3.05) is 5.75 Å². The molecule has 1 fully saturated rings. The van der Waals surface area contributed by atoms with E-state index < -0.39 is 39.8 Å². The van der Waals surface area contributed by atoms with Crippen molar-refractivity contribution < 1.29 is 32.1 Å². The smallest absolute Gasteiger partial charge is 0.294 e. The summed E-state index contributed by atoms with van der Waals surface area (Å²) in [6.45, 7) is 1.86. The zero-order valence-corrected chi connectivity index (χ0v) is 21.3. The second kappa shape index (κ2) is 10.5. The molecule has 0 spiro atoms. The van der Waals surface area contributed by atoms with E-state index in [4.69, 9.17) is 0 Å². The average Bonchev–Trinajstić information content (AvgIpc) is 3.06. The SMILES string of the molecule is Cc1ccc(S(=O)(=O)O)c(CCCCCSc2cccc3c2C(=O)N(C2CCC(=O)NC2=O)C3=O)c1. The van der Waals surface area contributed by atoms with Gasteiger partial charge in [0.2, 0.25) is 11.8 Å². The molecule has 2 aliphatic rings. The number of nitrogens with one attached hydrogen (secondary N) is 1. The number of fused-ring (bicyclic) bond motifs is 1. The van der Waals surface area contributed by atoms with Crippen LogP contribution in [0.5, 0.6) is 0 Å². The molecule has 11 heteroatoms. The van der Waals surface area contributed by atoms with Gasteiger partial charge >= 0.3 is 0 Å². The van der Waals surface area contributed by atoms with Gasteiger partial charge in [-0.05, 0) is 62.1 Å². The zero-order valence-electron chi connectivity index (χ0n) is 19.7. The van der Waals surface area contributed by atoms with Crippen LogP contribution < -0.4 is 5.32 Å². The van der Waals surface area contributed by atoms with Crippen LogP contribution in [0.4, 0.5) is 0 Å². The first kappa shape index (κ1) is 26.1. The molecule has 0 aliphatic carbocycles. The maximum Gasteiger partial charge on any atom is 0.294 e. The fourth-order valence-electron chi connectivity index (χ4n) is 4.54. The maximum absolute atomic E-state index is 13.1. The molecule has 0 aromatic heterocycles. The molecular formula is C25H26N2O7S2. The fourth-order valence-corrected chi connectivity index (χ4v) is 6.35. The fraction of sp³-hybridized carbons (Fsp3) is 0.360. The van der Waals surface area contributed by atoms with Crippen molar-refractivity contribution in [2.24, 2.45) is 0 Å². The van der Waals surface area contributed by atoms with Crippen LogP contribution in [0.2, 0.25) is 0 Å². The summed E-state index contributed by atoms with van der Waals surface area (Å²) >= 11 is 1.45. The van der Waals surface area contributed by atoms with Crippen LogP contribution in [0.25, 0.3) is 0 Å². The number of unbranched alkanes of at least 4 members (excludes halogenated alkanes) is 2. The van der Waals surface area contributed by atoms with Crippen molar-refractivity contribution in [3.05, 3.63) is 58.7 Å². The van der Waals surface area contributed by atoms with Gasteiger partial charge in [-0.15, -0.1) is 11.8 Å². The van der Waals surface area contributed by atoms with Gasteiger partial charge in [0.15, 0.2) is 0 Å². The Labute approximate surface area is 213 Å². The predicted octanol–water partition coefficient (Wildman–Crippen LogP) is 3.15. The number of piperidine rings is 1. The average molecular weight is 531 g/mol. The molecule has 2 aromatic carbocycles. The highest BCUT2D eigenvalue weighted by atomic mass is 32.2. The molecule has 4 amide bonds. The molecule has 2 aromatic rings. The van der Waals surface area contributed by atoms with Crippen molar-refractivity contribution in [1.82, 2.24) is 10.2 Å². The Morgan fingerprint density at radius 3 is 2.56 bits per heavy atom. The number of carbonyl (C=O) groups is 4. The van der Waals surface area contributed by atoms with Crippen LogP contribution in [0.1, 0.15) is 63.9 Å². The van der Waals surface area contributed by atoms with E-state index in [0.717, 1.165) is 29.7 Å². The van der Waals surface area contributed by atoms with Crippen LogP contribution in [0.3, 0.4) is 0 Å². The summed E-state index contributed by atoms with van der Waals surface area (Å²) in [5.74, 6) is -1.43. The number of rotatable bonds is 9. The molecule has 0 saturated carbocycles. The molecular weight excluding hydrogens is 504 g/mol. The van der Waals surface area contributed by atoms with Crippen LogP contribution in [0, 0.1) is 6.92 Å². The van der Waals surface area contributed by atoms with Crippen molar-refractivity contribution in [3.63, 3.8) is 0 Å². The topological polar surface area (TPSA) is 138 Å². The first-order valence-corrected chi connectivity index (χ1v) is 14.0. The summed E-state index contributed by atoms with van der Waals surface area (Å²) in [6, 6.07) is 8.88. The van der Waals surface area contributed by atoms with Gasteiger partial charge in [0.25, 0.3) is 21.9 Å². The van der Waals surface area contributed by atoms with Crippen molar-refractivity contribution in [1.29, 1.82) is 0 Å². The zero-order chi connectivity index (χ0) is 26.0. The molecule has 1 atom stereocenters. The molecule has 4 rings (SSSR count). The lowest BCUT2D eigenvalue weighted by molar-refractivity contribution is -0.136. The highest BCUT2D eigenvalue weighted by Crippen LogP contribution is 2.34. The monoisotopic (exact) mass is 530 g/mol. The maximum atomic E-state index is 13.1. The Morgan fingerprint density at radius 2 is 1.83 bits per heavy atom. The van der Waals surface area contributed by atoms with Crippen LogP contribution in [-0.4, -0.2) is 53.3 Å². The predicted molar refractivity (Wildman–Crippen MR) is 132 cm³/mol. The summed E-state index contributed by atoms with van der Waals surface area (Å²) in [6.07, 6.45) is 3.01. The summed E-state index contributed by atoms with van der Waals surface area (Å²) in [7, 11) is -4.28. The minimum absolute atomic E-state index is 0.0638. The van der Waals surface area contributed by atoms with E-state index in [0.29, 0.717) is 22.6 Å². The first-order chi connectivity index (χ1) is 17.1. The molecule has 1 saturated heterocycles. The number of hydrogen-bond acceptors (Lipinski definition) is 7. The summed E-state index contributed by atoms with van der Waals surface area (Å²) in [5, 5.41) is 2.19. The van der Waals surface area contributed by atoms with E-state index in [1.807, 2.05) is 6.92 Å². The number of amides is 4. The molecule has 36 heavy (non-hydrogen) atoms. The lowest BCUT2D eigenvalue weighted by Gasteiger charge is -2.27. The van der Waals surface area contributed by atoms with Gasteiger partial charge in [-0.25, -0.2) is 0 Å². The Balaban J connectivity index is 1.35. The van der Waals surface area contributed by atoms with Gasteiger partial charge < -0.3 is 0 Å². The Kier molecular flexibility index (Phi) is 7.62. The number of imide groups is 2. The molecule has 9 nitrogen and oxygen atoms in total. The summed E-state index contributed by atoms with van der Waals surface area (Å²) in [5.41, 5.74) is 2.04. The highest BCUT2D eigenvalue weighted by Gasteiger charge is 2.45. The van der Waals surface area contributed by atoms with Crippen LogP contribution in [-0.2, 0) is 26.1 Å². The third-order valence-electron chi connectivity index (χ3n) is 6.27. The molecule has 0 bridgehead atoms. The summed E-state index contributed by atoms with van der Waals surface area (Å²) in [4.78, 5) is 51.3. The Morgan fingerprint density at radius 1 is 1.06 bits per heavy atom. The third kappa shape index (κ3) is 5.37. The summed E-state index contributed by atoms with van der Waals surface area (Å²) < 4.78 is 32.7. The number of carbonyl (C=O) groups excluding carboxylic acids is 4. The van der Waals surface area contributed by atoms with E-state index in [1.54, 1.807) is 30.3 Å². The number of thioether (sulfide) groups is 1. The van der Waals surface area contributed by atoms with E-state index in [-0.39, 0.29) is 28.9 Å². The van der Waals surface area contributed by atoms with Gasteiger partial charge in [-0.1, -0.05) is 30.2 Å². The van der Waals surface area contributed by atoms with Gasteiger partial charge in [-0.3, -0.25) is 33.9 Å². The van der Waals surface area contributed by atoms with E-state index in [9.17, 15) is 32.1 Å². The molecule has 0 radical (unpaired) electrons. The number of hydrogen-bond donors (Lipinski definition) is 2. The normalized spacial score (nSPS) is 17.9. The Bertz CT molecular complexity index is 1350. The number of aryl methyl sites for hydroxylation is 2. The minimum atomic E-state index is -4.28. The standard InChI is InChI=1S/C25H26N2O7S2/c1-15-9-11-20(36(32,33)34)16(14-15)6-3-2-4-13-35-19-8-5-7-17-22(19)25(31)27(24(17)30)18-10-12-21(28)26-23(18)29/h5,7-9,11,14,18H,2-4,6,10,12-13H2,1H3,(H,26,28,29)(H,32,33,34). The largest absolute Gasteiger partial charge is 0.295 e. The minimum Gasteiger partial charge on any atom is -0.295 e. The number of nitrogens with zero attached hydrogens (tertiary/aromatic N) is 1. The van der Waals surface area contributed by atoms with Crippen molar-refractivity contribution >= 4 is 45.5 Å². The molecule has 190 valence electrons. The molecule has 1 unspecified atom stereocenters. The van der Waals surface area contributed by atoms with Crippen molar-refractivity contribution in [2.45, 2.75) is 61.3 Å². The molecule has 2 aliphatic heterocycles. The first-order valence-electron chi connectivity index (χ1n) is 11.6. The second-order valence-corrected chi connectivity index (χ2v) is 11.4. The molecule has 2 heterocycles. The molecule has 2 N–H and O–H groups in total. The van der Waals surface area contributed by atoms with Gasteiger partial charge in [-0.2, -0.15) is 8.42 Å². The van der Waals surface area contributed by atoms with Crippen LogP contribution >= 0.6 is 11.8 Å². The lowest BCUT2D eigenvalue weighted by atomic mass is 10.0. The van der Waals surface area contributed by atoms with Gasteiger partial charge in [0.05, 0.1) is 16.0 Å². The highest BCUT2D eigenvalue weighted by molar-refractivity contribution is 7.99. The van der Waals surface area contributed by atoms with E-state index in [1.165, 1.54) is 17.8 Å². The van der Waals surface area contributed by atoms with E-state index >= 15 is 0 Å². The van der Waals surface area contributed by atoms with Crippen LogP contribution in [0.15, 0.2) is 46.2 Å². The second-order valence-electron chi connectivity index (χ2n) is 8.87. The van der Waals surface area contributed by atoms with Gasteiger partial charge in [0.1, 0.15) is 6.04 Å². The van der Waals surface area contributed by atoms with E-state index in [2.05, 4.69) is 5.32 Å². The van der Waals surface area contributed by atoms with Gasteiger partial charge in [0, 0.05) is 11.3 Å². The Hall–Kier alpha value is -3.02. The quantitative estimate of drug-likeness (QED) is 0.218. The lowest BCUT2D eigenvalue weighted by Crippen LogP contribution is -2.54. The third-order valence-corrected chi connectivity index (χ3v) is 8.37.